The van der Waals surface area contributed by atoms with Gasteiger partial charge in [-0.2, -0.15) is 0 Å². The predicted molar refractivity (Wildman–Crippen MR) is 122 cm³/mol. The molecular formula is C23H33N3O3S. The Kier molecular flexibility index (Phi) is 8.13. The van der Waals surface area contributed by atoms with Crippen molar-refractivity contribution in [1.29, 1.82) is 0 Å². The van der Waals surface area contributed by atoms with Crippen LogP contribution in [0.1, 0.15) is 30.3 Å². The molecule has 1 N–H and O–H groups in total. The molecule has 3 rings (SSSR count). The Morgan fingerprint density at radius 1 is 1.13 bits per heavy atom. The van der Waals surface area contributed by atoms with Crippen molar-refractivity contribution in [2.45, 2.75) is 32.4 Å². The largest absolute Gasteiger partial charge is 0.493 e. The molecule has 0 bridgehead atoms. The standard InChI is InChI=1S/C23H33N3O3S/c1-5-25-10-12-26(13-11-25)23(21-7-6-14-30-21)17(2)24-22(27)16-18-8-9-19(28-3)20(15-18)29-4/h6-9,14-15,17,23H,5,10-13,16H2,1-4H3,(H,24,27)/t17-,23-/m1/s1. The number of carbonyl (C=O) groups is 1. The van der Waals surface area contributed by atoms with Crippen LogP contribution in [0.2, 0.25) is 0 Å². The van der Waals surface area contributed by atoms with E-state index >= 15 is 0 Å². The maximum Gasteiger partial charge on any atom is 0.224 e. The molecule has 6 nitrogen and oxygen atoms in total. The maximum absolute atomic E-state index is 12.8. The fourth-order valence-corrected chi connectivity index (χ4v) is 5.08. The molecule has 0 aliphatic carbocycles. The fourth-order valence-electron chi connectivity index (χ4n) is 4.12. The highest BCUT2D eigenvalue weighted by molar-refractivity contribution is 7.10. The number of rotatable bonds is 9. The van der Waals surface area contributed by atoms with E-state index in [-0.39, 0.29) is 18.0 Å². The zero-order valence-electron chi connectivity index (χ0n) is 18.4. The molecule has 2 atom stereocenters. The molecular weight excluding hydrogens is 398 g/mol. The van der Waals surface area contributed by atoms with Crippen molar-refractivity contribution >= 4 is 17.2 Å². The number of likely N-dealkylation sites (N-methyl/N-ethyl adjacent to an activating group) is 1. The zero-order chi connectivity index (χ0) is 21.5. The van der Waals surface area contributed by atoms with Crippen LogP contribution in [0.25, 0.3) is 0 Å². The second-order valence-corrected chi connectivity index (χ2v) is 8.63. The van der Waals surface area contributed by atoms with E-state index in [4.69, 9.17) is 9.47 Å². The van der Waals surface area contributed by atoms with E-state index in [2.05, 4.69) is 46.5 Å². The van der Waals surface area contributed by atoms with Crippen LogP contribution < -0.4 is 14.8 Å². The van der Waals surface area contributed by atoms with Crippen LogP contribution in [-0.2, 0) is 11.2 Å². The Hall–Kier alpha value is -2.09. The van der Waals surface area contributed by atoms with Crippen LogP contribution in [0, 0.1) is 0 Å². The van der Waals surface area contributed by atoms with Gasteiger partial charge in [-0.25, -0.2) is 0 Å². The van der Waals surface area contributed by atoms with E-state index in [0.29, 0.717) is 17.9 Å². The summed E-state index contributed by atoms with van der Waals surface area (Å²) >= 11 is 1.76. The number of carbonyl (C=O) groups excluding carboxylic acids is 1. The number of thiophene rings is 1. The number of nitrogens with one attached hydrogen (secondary N) is 1. The van der Waals surface area contributed by atoms with Gasteiger partial charge in [-0.05, 0) is 42.6 Å². The smallest absolute Gasteiger partial charge is 0.224 e. The van der Waals surface area contributed by atoms with Crippen LogP contribution in [0.5, 0.6) is 11.5 Å². The topological polar surface area (TPSA) is 54.0 Å². The molecule has 1 aliphatic rings. The lowest BCUT2D eigenvalue weighted by Gasteiger charge is -2.41. The van der Waals surface area contributed by atoms with Crippen molar-refractivity contribution in [3.8, 4) is 11.5 Å². The SMILES string of the molecule is CCN1CCN([C@@H](c2cccs2)[C@@H](C)NC(=O)Cc2ccc(OC)c(OC)c2)CC1. The molecule has 0 spiro atoms. The number of ether oxygens (including phenoxy) is 2. The van der Waals surface area contributed by atoms with Gasteiger partial charge >= 0.3 is 0 Å². The summed E-state index contributed by atoms with van der Waals surface area (Å²) in [5.74, 6) is 1.32. The van der Waals surface area contributed by atoms with E-state index in [0.717, 1.165) is 38.3 Å². The highest BCUT2D eigenvalue weighted by atomic mass is 32.1. The van der Waals surface area contributed by atoms with E-state index in [1.54, 1.807) is 25.6 Å². The lowest BCUT2D eigenvalue weighted by molar-refractivity contribution is -0.121. The molecule has 30 heavy (non-hydrogen) atoms. The van der Waals surface area contributed by atoms with Gasteiger partial charge in [0.05, 0.1) is 26.7 Å². The molecule has 1 aromatic carbocycles. The number of benzene rings is 1. The number of hydrogen-bond acceptors (Lipinski definition) is 6. The summed E-state index contributed by atoms with van der Waals surface area (Å²) in [7, 11) is 3.21. The molecule has 1 aromatic heterocycles. The summed E-state index contributed by atoms with van der Waals surface area (Å²) in [6, 6.07) is 10.1. The van der Waals surface area contributed by atoms with Gasteiger partial charge in [-0.3, -0.25) is 9.69 Å². The summed E-state index contributed by atoms with van der Waals surface area (Å²) in [5.41, 5.74) is 0.904. The van der Waals surface area contributed by atoms with Gasteiger partial charge < -0.3 is 19.7 Å². The van der Waals surface area contributed by atoms with Crippen molar-refractivity contribution in [3.05, 3.63) is 46.2 Å². The minimum absolute atomic E-state index is 0.0171. The van der Waals surface area contributed by atoms with Gasteiger partial charge in [-0.1, -0.05) is 19.1 Å². The molecule has 2 heterocycles. The van der Waals surface area contributed by atoms with E-state index < -0.39 is 0 Å². The van der Waals surface area contributed by atoms with Crippen LogP contribution in [0.15, 0.2) is 35.7 Å². The first-order chi connectivity index (χ1) is 14.5. The average molecular weight is 432 g/mol. The van der Waals surface area contributed by atoms with Gasteiger partial charge in [-0.15, -0.1) is 11.3 Å². The number of amides is 1. The van der Waals surface area contributed by atoms with Crippen molar-refractivity contribution in [1.82, 2.24) is 15.1 Å². The summed E-state index contributed by atoms with van der Waals surface area (Å²) in [6.07, 6.45) is 0.311. The second-order valence-electron chi connectivity index (χ2n) is 7.65. The number of piperazine rings is 1. The molecule has 7 heteroatoms. The molecule has 1 saturated heterocycles. The summed E-state index contributed by atoms with van der Waals surface area (Å²) in [6.45, 7) is 9.61. The normalized spacial score (nSPS) is 17.3. The molecule has 164 valence electrons. The molecule has 0 saturated carbocycles. The third kappa shape index (κ3) is 5.53. The van der Waals surface area contributed by atoms with E-state index in [1.807, 2.05) is 18.2 Å². The van der Waals surface area contributed by atoms with Crippen molar-refractivity contribution in [2.24, 2.45) is 0 Å². The Bertz CT molecular complexity index is 804. The minimum atomic E-state index is 0.0171. The van der Waals surface area contributed by atoms with Crippen LogP contribution >= 0.6 is 11.3 Å². The lowest BCUT2D eigenvalue weighted by atomic mass is 10.0. The quantitative estimate of drug-likeness (QED) is 0.661. The monoisotopic (exact) mass is 431 g/mol. The molecule has 1 aliphatic heterocycles. The molecule has 2 aromatic rings. The van der Waals surface area contributed by atoms with Gasteiger partial charge in [0.1, 0.15) is 0 Å². The first-order valence-corrected chi connectivity index (χ1v) is 11.4. The Morgan fingerprint density at radius 2 is 1.87 bits per heavy atom. The van der Waals surface area contributed by atoms with Crippen LogP contribution in [0.4, 0.5) is 0 Å². The highest BCUT2D eigenvalue weighted by Crippen LogP contribution is 2.30. The Labute approximate surface area is 183 Å². The van der Waals surface area contributed by atoms with E-state index in [1.165, 1.54) is 4.88 Å². The van der Waals surface area contributed by atoms with Gasteiger partial charge in [0, 0.05) is 37.1 Å². The summed E-state index contributed by atoms with van der Waals surface area (Å²) < 4.78 is 10.6. The van der Waals surface area contributed by atoms with Crippen LogP contribution in [-0.4, -0.2) is 68.7 Å². The Morgan fingerprint density at radius 3 is 2.47 bits per heavy atom. The van der Waals surface area contributed by atoms with E-state index in [9.17, 15) is 4.79 Å². The van der Waals surface area contributed by atoms with Crippen molar-refractivity contribution in [2.75, 3.05) is 46.9 Å². The molecule has 0 unspecified atom stereocenters. The van der Waals surface area contributed by atoms with Gasteiger partial charge in [0.2, 0.25) is 5.91 Å². The minimum Gasteiger partial charge on any atom is -0.493 e. The van der Waals surface area contributed by atoms with Crippen LogP contribution in [0.3, 0.4) is 0 Å². The molecule has 0 radical (unpaired) electrons. The number of hydrogen-bond donors (Lipinski definition) is 1. The third-order valence-electron chi connectivity index (χ3n) is 5.76. The highest BCUT2D eigenvalue weighted by Gasteiger charge is 2.30. The van der Waals surface area contributed by atoms with Gasteiger partial charge in [0.15, 0.2) is 11.5 Å². The van der Waals surface area contributed by atoms with Gasteiger partial charge in [0.25, 0.3) is 0 Å². The Balaban J connectivity index is 1.66. The molecule has 1 amide bonds. The summed E-state index contributed by atoms with van der Waals surface area (Å²) in [4.78, 5) is 19.1. The zero-order valence-corrected chi connectivity index (χ0v) is 19.2. The number of nitrogens with zero attached hydrogens (tertiary/aromatic N) is 2. The molecule has 1 fully saturated rings. The lowest BCUT2D eigenvalue weighted by Crippen LogP contribution is -2.52. The summed E-state index contributed by atoms with van der Waals surface area (Å²) in [5, 5.41) is 5.36. The first kappa shape index (κ1) is 22.6. The first-order valence-electron chi connectivity index (χ1n) is 10.6. The predicted octanol–water partition coefficient (Wildman–Crippen LogP) is 3.19. The fraction of sp³-hybridized carbons (Fsp3) is 0.522. The average Bonchev–Trinajstić information content (AvgIpc) is 3.28. The van der Waals surface area contributed by atoms with Crippen molar-refractivity contribution < 1.29 is 14.3 Å². The maximum atomic E-state index is 12.8. The van der Waals surface area contributed by atoms with Crippen molar-refractivity contribution in [3.63, 3.8) is 0 Å². The number of methoxy groups -OCH3 is 2. The third-order valence-corrected chi connectivity index (χ3v) is 6.70. The second kappa shape index (κ2) is 10.8.